The van der Waals surface area contributed by atoms with E-state index in [0.29, 0.717) is 6.42 Å². The van der Waals surface area contributed by atoms with E-state index in [2.05, 4.69) is 20.9 Å². The molecule has 0 aromatic rings. The Kier molecular flexibility index (Phi) is 10.3. The third kappa shape index (κ3) is 11.3. The molecule has 0 radical (unpaired) electrons. The van der Waals surface area contributed by atoms with Crippen molar-refractivity contribution in [1.29, 1.82) is 0 Å². The summed E-state index contributed by atoms with van der Waals surface area (Å²) < 4.78 is 0. The number of hydrogen-bond acceptors (Lipinski definition) is 6. The summed E-state index contributed by atoms with van der Waals surface area (Å²) in [6, 6.07) is -1.89. The molecule has 0 fully saturated rings. The molecular weight excluding hydrogens is 334 g/mol. The van der Waals surface area contributed by atoms with Crippen LogP contribution >= 0.6 is 0 Å². The molecule has 0 aromatic carbocycles. The standard InChI is InChI=1S/C13H25N7O5/c1-7(14)11(23)19-5-9(21)18-6-10(22)20-8(12(24)25)3-2-4-17-13(15)16/h7-8H,2-6,14H2,1H3,(H,18,21)(H,19,23)(H,20,22)(H,24,25)(H4,15,16,17). The van der Waals surface area contributed by atoms with Crippen LogP contribution in [0.25, 0.3) is 0 Å². The molecule has 12 nitrogen and oxygen atoms in total. The first-order chi connectivity index (χ1) is 11.6. The van der Waals surface area contributed by atoms with Crippen molar-refractivity contribution in [3.63, 3.8) is 0 Å². The second-order valence-corrected chi connectivity index (χ2v) is 5.19. The van der Waals surface area contributed by atoms with Gasteiger partial charge in [-0.2, -0.15) is 0 Å². The molecule has 25 heavy (non-hydrogen) atoms. The van der Waals surface area contributed by atoms with Crippen molar-refractivity contribution < 1.29 is 24.3 Å². The molecule has 2 unspecified atom stereocenters. The van der Waals surface area contributed by atoms with Gasteiger partial charge < -0.3 is 38.3 Å². The lowest BCUT2D eigenvalue weighted by atomic mass is 10.1. The highest BCUT2D eigenvalue weighted by Gasteiger charge is 2.19. The molecular formula is C13H25N7O5. The minimum Gasteiger partial charge on any atom is -0.480 e. The van der Waals surface area contributed by atoms with Crippen LogP contribution in [0.2, 0.25) is 0 Å². The molecule has 0 heterocycles. The number of guanidine groups is 1. The van der Waals surface area contributed by atoms with Gasteiger partial charge in [-0.3, -0.25) is 19.4 Å². The van der Waals surface area contributed by atoms with Crippen LogP contribution in [0.3, 0.4) is 0 Å². The molecule has 2 atom stereocenters. The summed E-state index contributed by atoms with van der Waals surface area (Å²) in [7, 11) is 0. The molecule has 0 spiro atoms. The maximum atomic E-state index is 11.7. The number of nitrogens with two attached hydrogens (primary N) is 3. The van der Waals surface area contributed by atoms with E-state index in [4.69, 9.17) is 22.3 Å². The summed E-state index contributed by atoms with van der Waals surface area (Å²) in [5, 5.41) is 15.9. The molecule has 0 aromatic heterocycles. The van der Waals surface area contributed by atoms with Gasteiger partial charge in [0, 0.05) is 6.54 Å². The SMILES string of the molecule is CC(N)C(=O)NCC(=O)NCC(=O)NC(CCCN=C(N)N)C(=O)O. The molecule has 0 aliphatic carbocycles. The molecule has 12 heteroatoms. The van der Waals surface area contributed by atoms with Crippen molar-refractivity contribution in [2.24, 2.45) is 22.2 Å². The normalized spacial score (nSPS) is 12.4. The van der Waals surface area contributed by atoms with Crippen LogP contribution in [0.5, 0.6) is 0 Å². The fraction of sp³-hybridized carbons (Fsp3) is 0.615. The fourth-order valence-corrected chi connectivity index (χ4v) is 1.58. The highest BCUT2D eigenvalue weighted by atomic mass is 16.4. The average molecular weight is 359 g/mol. The van der Waals surface area contributed by atoms with Gasteiger partial charge >= 0.3 is 5.97 Å². The Labute approximate surface area is 144 Å². The Balaban J connectivity index is 4.17. The molecule has 10 N–H and O–H groups in total. The number of hydrogen-bond donors (Lipinski definition) is 7. The number of nitrogens with zero attached hydrogens (tertiary/aromatic N) is 1. The minimum atomic E-state index is -1.21. The monoisotopic (exact) mass is 359 g/mol. The zero-order valence-corrected chi connectivity index (χ0v) is 13.9. The second kappa shape index (κ2) is 11.6. The van der Waals surface area contributed by atoms with E-state index in [0.717, 1.165) is 0 Å². The van der Waals surface area contributed by atoms with Gasteiger partial charge in [-0.15, -0.1) is 0 Å². The Morgan fingerprint density at radius 2 is 1.68 bits per heavy atom. The Morgan fingerprint density at radius 1 is 1.08 bits per heavy atom. The number of amides is 3. The van der Waals surface area contributed by atoms with Gasteiger partial charge in [-0.1, -0.05) is 0 Å². The van der Waals surface area contributed by atoms with Gasteiger partial charge in [0.2, 0.25) is 17.7 Å². The van der Waals surface area contributed by atoms with Crippen molar-refractivity contribution in [3.8, 4) is 0 Å². The molecule has 3 amide bonds. The molecule has 0 aliphatic heterocycles. The maximum absolute atomic E-state index is 11.7. The lowest BCUT2D eigenvalue weighted by molar-refractivity contribution is -0.142. The molecule has 0 saturated carbocycles. The van der Waals surface area contributed by atoms with Gasteiger partial charge in [0.15, 0.2) is 5.96 Å². The first-order valence-electron chi connectivity index (χ1n) is 7.51. The first kappa shape index (κ1) is 22.1. The first-order valence-corrected chi connectivity index (χ1v) is 7.51. The summed E-state index contributed by atoms with van der Waals surface area (Å²) in [5.74, 6) is -3.11. The van der Waals surface area contributed by atoms with E-state index in [-0.39, 0.29) is 25.5 Å². The molecule has 0 saturated heterocycles. The fourth-order valence-electron chi connectivity index (χ4n) is 1.58. The summed E-state index contributed by atoms with van der Waals surface area (Å²) >= 11 is 0. The number of carbonyl (C=O) groups is 4. The number of carboxylic acid groups (broad SMARTS) is 1. The quantitative estimate of drug-likeness (QED) is 0.110. The number of rotatable bonds is 11. The van der Waals surface area contributed by atoms with Crippen LogP contribution in [0.1, 0.15) is 19.8 Å². The minimum absolute atomic E-state index is 0.102. The van der Waals surface area contributed by atoms with E-state index in [1.807, 2.05) is 0 Å². The zero-order valence-electron chi connectivity index (χ0n) is 13.9. The van der Waals surface area contributed by atoms with E-state index < -0.39 is 42.3 Å². The molecule has 0 rings (SSSR count). The third-order valence-corrected chi connectivity index (χ3v) is 2.86. The predicted octanol–water partition coefficient (Wildman–Crippen LogP) is -3.81. The van der Waals surface area contributed by atoms with E-state index >= 15 is 0 Å². The van der Waals surface area contributed by atoms with Crippen LogP contribution in [0.15, 0.2) is 4.99 Å². The lowest BCUT2D eigenvalue weighted by Crippen LogP contribution is -2.48. The Morgan fingerprint density at radius 3 is 2.20 bits per heavy atom. The van der Waals surface area contributed by atoms with Gasteiger partial charge in [-0.25, -0.2) is 4.79 Å². The van der Waals surface area contributed by atoms with Crippen molar-refractivity contribution in [1.82, 2.24) is 16.0 Å². The molecule has 0 bridgehead atoms. The summed E-state index contributed by atoms with van der Waals surface area (Å²) in [6.07, 6.45) is 0.473. The topological polar surface area (TPSA) is 215 Å². The van der Waals surface area contributed by atoms with Crippen molar-refractivity contribution in [2.75, 3.05) is 19.6 Å². The summed E-state index contributed by atoms with van der Waals surface area (Å²) in [5.41, 5.74) is 15.6. The van der Waals surface area contributed by atoms with Crippen LogP contribution in [-0.4, -0.2) is 66.5 Å². The number of aliphatic imine (C=N–C) groups is 1. The number of nitrogens with one attached hydrogen (secondary N) is 3. The lowest BCUT2D eigenvalue weighted by Gasteiger charge is -2.14. The van der Waals surface area contributed by atoms with E-state index in [1.54, 1.807) is 0 Å². The van der Waals surface area contributed by atoms with Gasteiger partial charge in [-0.05, 0) is 19.8 Å². The van der Waals surface area contributed by atoms with E-state index in [1.165, 1.54) is 6.92 Å². The van der Waals surface area contributed by atoms with Gasteiger partial charge in [0.1, 0.15) is 6.04 Å². The number of carbonyl (C=O) groups excluding carboxylic acids is 3. The van der Waals surface area contributed by atoms with Crippen LogP contribution in [0, 0.1) is 0 Å². The highest BCUT2D eigenvalue weighted by molar-refractivity contribution is 5.90. The summed E-state index contributed by atoms with van der Waals surface area (Å²) in [4.78, 5) is 49.1. The second-order valence-electron chi connectivity index (χ2n) is 5.19. The maximum Gasteiger partial charge on any atom is 0.326 e. The number of carboxylic acids is 1. The summed E-state index contributed by atoms with van der Waals surface area (Å²) in [6.45, 7) is 0.928. The molecule has 0 aliphatic rings. The van der Waals surface area contributed by atoms with Crippen LogP contribution < -0.4 is 33.2 Å². The van der Waals surface area contributed by atoms with E-state index in [9.17, 15) is 19.2 Å². The van der Waals surface area contributed by atoms with Crippen molar-refractivity contribution in [3.05, 3.63) is 0 Å². The van der Waals surface area contributed by atoms with Gasteiger partial charge in [0.25, 0.3) is 0 Å². The van der Waals surface area contributed by atoms with Crippen molar-refractivity contribution in [2.45, 2.75) is 31.8 Å². The average Bonchev–Trinajstić information content (AvgIpc) is 2.52. The van der Waals surface area contributed by atoms with Crippen LogP contribution in [0.4, 0.5) is 0 Å². The van der Waals surface area contributed by atoms with Crippen LogP contribution in [-0.2, 0) is 19.2 Å². The number of aliphatic carboxylic acids is 1. The molecule has 142 valence electrons. The Bertz CT molecular complexity index is 517. The van der Waals surface area contributed by atoms with Crippen molar-refractivity contribution >= 4 is 29.7 Å². The Hall–Kier alpha value is -2.89. The smallest absolute Gasteiger partial charge is 0.326 e. The zero-order chi connectivity index (χ0) is 19.4. The largest absolute Gasteiger partial charge is 0.480 e. The highest BCUT2D eigenvalue weighted by Crippen LogP contribution is 1.98. The predicted molar refractivity (Wildman–Crippen MR) is 89.1 cm³/mol. The third-order valence-electron chi connectivity index (χ3n) is 2.86. The van der Waals surface area contributed by atoms with Gasteiger partial charge in [0.05, 0.1) is 19.1 Å².